The van der Waals surface area contributed by atoms with Crippen molar-refractivity contribution in [2.75, 3.05) is 14.2 Å². The van der Waals surface area contributed by atoms with E-state index < -0.39 is 0 Å². The lowest BCUT2D eigenvalue weighted by Crippen LogP contribution is -2.12. The van der Waals surface area contributed by atoms with Gasteiger partial charge in [0.05, 0.1) is 31.3 Å². The molecule has 6 rings (SSSR count). The number of nitrogens with zero attached hydrogens (tertiary/aromatic N) is 4. The van der Waals surface area contributed by atoms with Crippen molar-refractivity contribution in [3.05, 3.63) is 95.6 Å². The minimum absolute atomic E-state index is 0.497. The third-order valence-electron chi connectivity index (χ3n) is 7.14. The Balaban J connectivity index is 1.63. The van der Waals surface area contributed by atoms with E-state index in [2.05, 4.69) is 46.1 Å². The Labute approximate surface area is 221 Å². The van der Waals surface area contributed by atoms with Crippen LogP contribution in [0.3, 0.4) is 0 Å². The molecule has 0 amide bonds. The van der Waals surface area contributed by atoms with Crippen LogP contribution in [0, 0.1) is 18.3 Å². The molecule has 6 nitrogen and oxygen atoms in total. The highest BCUT2D eigenvalue weighted by Gasteiger charge is 2.30. The van der Waals surface area contributed by atoms with Gasteiger partial charge in [-0.05, 0) is 60.0 Å². The Hall–Kier alpha value is -4.89. The summed E-state index contributed by atoms with van der Waals surface area (Å²) in [5.74, 6) is 1.30. The average Bonchev–Trinajstić information content (AvgIpc) is 3.29. The fourth-order valence-electron chi connectivity index (χ4n) is 5.24. The molecule has 0 atom stereocenters. The van der Waals surface area contributed by atoms with Crippen LogP contribution in [0.5, 0.6) is 11.5 Å². The largest absolute Gasteiger partial charge is 0.493 e. The van der Waals surface area contributed by atoms with Crippen molar-refractivity contribution in [1.82, 2.24) is 4.57 Å². The number of rotatable bonds is 5. The van der Waals surface area contributed by atoms with E-state index in [-0.39, 0.29) is 0 Å². The molecule has 5 aromatic rings. The lowest BCUT2D eigenvalue weighted by atomic mass is 9.95. The Morgan fingerprint density at radius 1 is 0.816 bits per heavy atom. The molecule has 0 spiro atoms. The first-order valence-corrected chi connectivity index (χ1v) is 12.5. The molecule has 1 aliphatic heterocycles. The topological polar surface area (TPSA) is 71.9 Å². The summed E-state index contributed by atoms with van der Waals surface area (Å²) < 4.78 is 13.4. The quantitative estimate of drug-likeness (QED) is 0.230. The molecule has 0 aliphatic carbocycles. The molecule has 1 aliphatic rings. The maximum absolute atomic E-state index is 10.5. The zero-order chi connectivity index (χ0) is 26.2. The maximum Gasteiger partial charge on any atom is 0.161 e. The molecule has 0 saturated carbocycles. The normalized spacial score (nSPS) is 12.3. The Morgan fingerprint density at radius 3 is 2.29 bits per heavy atom. The SMILES string of the molecule is COc1cc2c(cc1OC)-c1c(C#N)c(N=Nc3ccc(C)cc3)c(-c3ccc4ccccc4c3)n1CC2. The summed E-state index contributed by atoms with van der Waals surface area (Å²) in [4.78, 5) is 0. The zero-order valence-corrected chi connectivity index (χ0v) is 21.5. The van der Waals surface area contributed by atoms with E-state index in [1.807, 2.05) is 55.5 Å². The highest BCUT2D eigenvalue weighted by atomic mass is 16.5. The van der Waals surface area contributed by atoms with Crippen LogP contribution in [-0.4, -0.2) is 18.8 Å². The van der Waals surface area contributed by atoms with E-state index in [1.54, 1.807) is 14.2 Å². The second kappa shape index (κ2) is 9.53. The zero-order valence-electron chi connectivity index (χ0n) is 21.5. The molecule has 0 radical (unpaired) electrons. The minimum atomic E-state index is 0.497. The van der Waals surface area contributed by atoms with Crippen LogP contribution in [-0.2, 0) is 13.0 Å². The summed E-state index contributed by atoms with van der Waals surface area (Å²) in [6, 6.07) is 28.9. The molecule has 38 heavy (non-hydrogen) atoms. The summed E-state index contributed by atoms with van der Waals surface area (Å²) in [6.45, 7) is 2.74. The summed E-state index contributed by atoms with van der Waals surface area (Å²) in [6.07, 6.45) is 0.789. The van der Waals surface area contributed by atoms with Crippen molar-refractivity contribution in [3.8, 4) is 40.1 Å². The Morgan fingerprint density at radius 2 is 1.55 bits per heavy atom. The highest BCUT2D eigenvalue weighted by Crippen LogP contribution is 2.48. The second-order valence-electron chi connectivity index (χ2n) is 9.40. The van der Waals surface area contributed by atoms with E-state index in [9.17, 15) is 5.26 Å². The molecule has 0 N–H and O–H groups in total. The predicted octanol–water partition coefficient (Wildman–Crippen LogP) is 8.14. The summed E-state index contributed by atoms with van der Waals surface area (Å²) >= 11 is 0. The highest BCUT2D eigenvalue weighted by molar-refractivity contribution is 5.93. The monoisotopic (exact) mass is 498 g/mol. The molecule has 1 aromatic heterocycles. The van der Waals surface area contributed by atoms with E-state index in [1.165, 1.54) is 0 Å². The van der Waals surface area contributed by atoms with Gasteiger partial charge >= 0.3 is 0 Å². The van der Waals surface area contributed by atoms with Crippen molar-refractivity contribution >= 4 is 22.1 Å². The number of benzene rings is 4. The van der Waals surface area contributed by atoms with Gasteiger partial charge in [0.25, 0.3) is 0 Å². The molecule has 2 heterocycles. The molecule has 0 bridgehead atoms. The van der Waals surface area contributed by atoms with Crippen LogP contribution >= 0.6 is 0 Å². The van der Waals surface area contributed by atoms with Gasteiger partial charge in [-0.3, -0.25) is 0 Å². The van der Waals surface area contributed by atoms with Gasteiger partial charge < -0.3 is 14.0 Å². The third-order valence-corrected chi connectivity index (χ3v) is 7.14. The Bertz CT molecular complexity index is 1760. The molecule has 4 aromatic carbocycles. The van der Waals surface area contributed by atoms with Gasteiger partial charge in [0.15, 0.2) is 11.5 Å². The number of methoxy groups -OCH3 is 2. The fraction of sp³-hybridized carbons (Fsp3) is 0.156. The van der Waals surface area contributed by atoms with Crippen LogP contribution in [0.4, 0.5) is 11.4 Å². The van der Waals surface area contributed by atoms with Crippen molar-refractivity contribution in [2.24, 2.45) is 10.2 Å². The van der Waals surface area contributed by atoms with Crippen LogP contribution in [0.2, 0.25) is 0 Å². The first-order valence-electron chi connectivity index (χ1n) is 12.5. The van der Waals surface area contributed by atoms with E-state index >= 15 is 0 Å². The fourth-order valence-corrected chi connectivity index (χ4v) is 5.24. The first-order chi connectivity index (χ1) is 18.6. The van der Waals surface area contributed by atoms with Crippen LogP contribution in [0.15, 0.2) is 89.1 Å². The number of hydrogen-bond acceptors (Lipinski definition) is 5. The van der Waals surface area contributed by atoms with E-state index in [0.717, 1.165) is 56.5 Å². The number of aromatic nitrogens is 1. The van der Waals surface area contributed by atoms with Gasteiger partial charge in [-0.1, -0.05) is 54.1 Å². The number of azo groups is 1. The van der Waals surface area contributed by atoms with Crippen molar-refractivity contribution in [3.63, 3.8) is 0 Å². The van der Waals surface area contributed by atoms with Gasteiger partial charge in [0.1, 0.15) is 17.3 Å². The number of ether oxygens (including phenoxy) is 2. The lowest BCUT2D eigenvalue weighted by molar-refractivity contribution is 0.354. The standard InChI is InChI=1S/C32H26N4O2/c1-20-8-12-25(13-9-20)34-35-30-27(19-33)32-26-18-29(38-3)28(37-2)17-23(26)14-15-36(32)31(30)24-11-10-21-6-4-5-7-22(21)16-24/h4-13,16-18H,14-15H2,1-3H3. The molecule has 0 unspecified atom stereocenters. The van der Waals surface area contributed by atoms with Crippen LogP contribution in [0.1, 0.15) is 16.7 Å². The molecule has 6 heteroatoms. The first kappa shape index (κ1) is 23.5. The average molecular weight is 499 g/mol. The van der Waals surface area contributed by atoms with Crippen molar-refractivity contribution in [1.29, 1.82) is 5.26 Å². The minimum Gasteiger partial charge on any atom is -0.493 e. The van der Waals surface area contributed by atoms with E-state index in [4.69, 9.17) is 14.6 Å². The smallest absolute Gasteiger partial charge is 0.161 e. The van der Waals surface area contributed by atoms with Crippen LogP contribution in [0.25, 0.3) is 33.3 Å². The van der Waals surface area contributed by atoms with Gasteiger partial charge in [-0.15, -0.1) is 5.11 Å². The third kappa shape index (κ3) is 3.89. The molecule has 186 valence electrons. The summed E-state index contributed by atoms with van der Waals surface area (Å²) in [5.41, 5.74) is 7.72. The number of hydrogen-bond donors (Lipinski definition) is 0. The maximum atomic E-state index is 10.5. The lowest BCUT2D eigenvalue weighted by Gasteiger charge is -2.23. The summed E-state index contributed by atoms with van der Waals surface area (Å²) in [7, 11) is 3.26. The Kier molecular flexibility index (Phi) is 5.89. The van der Waals surface area contributed by atoms with Crippen molar-refractivity contribution in [2.45, 2.75) is 19.9 Å². The van der Waals surface area contributed by atoms with Crippen molar-refractivity contribution < 1.29 is 9.47 Å². The van der Waals surface area contributed by atoms with E-state index in [0.29, 0.717) is 29.3 Å². The second-order valence-corrected chi connectivity index (χ2v) is 9.40. The van der Waals surface area contributed by atoms with Gasteiger partial charge in [0.2, 0.25) is 0 Å². The predicted molar refractivity (Wildman–Crippen MR) is 150 cm³/mol. The molecule has 0 saturated heterocycles. The van der Waals surface area contributed by atoms with Gasteiger partial charge in [0, 0.05) is 17.7 Å². The number of fused-ring (bicyclic) bond motifs is 4. The number of aryl methyl sites for hydroxylation is 2. The number of nitriles is 1. The van der Waals surface area contributed by atoms with Gasteiger partial charge in [-0.25, -0.2) is 0 Å². The van der Waals surface area contributed by atoms with Crippen LogP contribution < -0.4 is 9.47 Å². The summed E-state index contributed by atoms with van der Waals surface area (Å²) in [5, 5.41) is 22.0. The molecule has 0 fully saturated rings. The van der Waals surface area contributed by atoms with Gasteiger partial charge in [-0.2, -0.15) is 10.4 Å². The molecular weight excluding hydrogens is 472 g/mol. The molecular formula is C32H26N4O2.